The van der Waals surface area contributed by atoms with E-state index < -0.39 is 0 Å². The summed E-state index contributed by atoms with van der Waals surface area (Å²) in [4.78, 5) is 13.9. The maximum absolute atomic E-state index is 11.3. The lowest BCUT2D eigenvalue weighted by atomic mass is 10.1. The van der Waals surface area contributed by atoms with Gasteiger partial charge in [-0.2, -0.15) is 0 Å². The molecular weight excluding hydrogens is 214 g/mol. The average molecular weight is 227 g/mol. The Kier molecular flexibility index (Phi) is 3.26. The standard InChI is InChI=1S/C13H13N3O/c1-9(7-10-5-3-2-4-6-10)11-8-12(11)13(17)15-16-14/h2-7,11-12H,8H2,1H3/b9-7+. The number of hydrogen-bond donors (Lipinski definition) is 0. The smallest absolute Gasteiger partial charge is 0.222 e. The van der Waals surface area contributed by atoms with Crippen molar-refractivity contribution in [2.24, 2.45) is 17.0 Å². The van der Waals surface area contributed by atoms with Crippen molar-refractivity contribution in [2.45, 2.75) is 13.3 Å². The number of allylic oxidation sites excluding steroid dienone is 1. The molecule has 1 aromatic rings. The highest BCUT2D eigenvalue weighted by atomic mass is 16.2. The Morgan fingerprint density at radius 3 is 2.76 bits per heavy atom. The largest absolute Gasteiger partial charge is 0.292 e. The summed E-state index contributed by atoms with van der Waals surface area (Å²) in [7, 11) is 0. The monoisotopic (exact) mass is 227 g/mol. The molecule has 4 heteroatoms. The summed E-state index contributed by atoms with van der Waals surface area (Å²) in [6, 6.07) is 9.98. The number of rotatable bonds is 3. The number of carbonyl (C=O) groups is 1. The second-order valence-electron chi connectivity index (χ2n) is 4.28. The van der Waals surface area contributed by atoms with E-state index in [9.17, 15) is 4.79 Å². The van der Waals surface area contributed by atoms with E-state index in [4.69, 9.17) is 5.53 Å². The van der Waals surface area contributed by atoms with Crippen LogP contribution in [0.4, 0.5) is 0 Å². The van der Waals surface area contributed by atoms with Crippen LogP contribution in [0, 0.1) is 11.8 Å². The van der Waals surface area contributed by atoms with Crippen molar-refractivity contribution in [2.75, 3.05) is 0 Å². The zero-order valence-corrected chi connectivity index (χ0v) is 9.58. The minimum Gasteiger partial charge on any atom is -0.292 e. The molecule has 0 bridgehead atoms. The van der Waals surface area contributed by atoms with Crippen LogP contribution >= 0.6 is 0 Å². The summed E-state index contributed by atoms with van der Waals surface area (Å²) in [5.41, 5.74) is 10.5. The molecule has 1 aliphatic rings. The average Bonchev–Trinajstić information content (AvgIpc) is 3.10. The molecule has 0 N–H and O–H groups in total. The normalized spacial score (nSPS) is 22.8. The third kappa shape index (κ3) is 2.74. The number of hydrogen-bond acceptors (Lipinski definition) is 1. The molecule has 0 spiro atoms. The second kappa shape index (κ2) is 4.85. The Morgan fingerprint density at radius 1 is 1.41 bits per heavy atom. The van der Waals surface area contributed by atoms with Crippen LogP contribution in [0.15, 0.2) is 41.0 Å². The van der Waals surface area contributed by atoms with Crippen molar-refractivity contribution in [3.05, 3.63) is 51.9 Å². The summed E-state index contributed by atoms with van der Waals surface area (Å²) in [5, 5.41) is 3.14. The zero-order valence-electron chi connectivity index (χ0n) is 9.58. The molecule has 1 aromatic carbocycles. The van der Waals surface area contributed by atoms with Gasteiger partial charge in [0.25, 0.3) is 0 Å². The summed E-state index contributed by atoms with van der Waals surface area (Å²) in [6.45, 7) is 2.01. The molecule has 2 unspecified atom stereocenters. The molecule has 0 radical (unpaired) electrons. The van der Waals surface area contributed by atoms with Gasteiger partial charge in [-0.25, -0.2) is 0 Å². The van der Waals surface area contributed by atoms with Gasteiger partial charge in [-0.15, -0.1) is 0 Å². The molecule has 1 fully saturated rings. The van der Waals surface area contributed by atoms with Crippen molar-refractivity contribution < 1.29 is 4.79 Å². The van der Waals surface area contributed by atoms with Crippen LogP contribution in [0.5, 0.6) is 0 Å². The molecule has 1 amide bonds. The van der Waals surface area contributed by atoms with E-state index in [1.54, 1.807) is 0 Å². The Hall–Kier alpha value is -2.06. The lowest BCUT2D eigenvalue weighted by molar-refractivity contribution is -0.119. The highest BCUT2D eigenvalue weighted by molar-refractivity contribution is 5.83. The number of carbonyl (C=O) groups excluding carboxylic acids is 1. The van der Waals surface area contributed by atoms with Crippen molar-refractivity contribution in [1.29, 1.82) is 0 Å². The SMILES string of the molecule is C/C(=C\c1ccccc1)C1CC1C(=O)N=[N+]=[N-]. The summed E-state index contributed by atoms with van der Waals surface area (Å²) in [5.74, 6) is -0.197. The van der Waals surface area contributed by atoms with Crippen LogP contribution in [0.25, 0.3) is 16.5 Å². The topological polar surface area (TPSA) is 65.8 Å². The van der Waals surface area contributed by atoms with Crippen molar-refractivity contribution in [3.63, 3.8) is 0 Å². The van der Waals surface area contributed by atoms with Gasteiger partial charge in [-0.05, 0) is 35.5 Å². The summed E-state index contributed by atoms with van der Waals surface area (Å²) in [6.07, 6.45) is 2.88. The number of azide groups is 1. The molecule has 0 aromatic heterocycles. The summed E-state index contributed by atoms with van der Waals surface area (Å²) < 4.78 is 0. The molecule has 2 rings (SSSR count). The molecule has 1 aliphatic carbocycles. The van der Waals surface area contributed by atoms with Crippen LogP contribution in [0.3, 0.4) is 0 Å². The predicted molar refractivity (Wildman–Crippen MR) is 65.8 cm³/mol. The van der Waals surface area contributed by atoms with Gasteiger partial charge in [-0.3, -0.25) is 4.79 Å². The van der Waals surface area contributed by atoms with Crippen LogP contribution in [0.1, 0.15) is 18.9 Å². The third-order valence-electron chi connectivity index (χ3n) is 3.03. The van der Waals surface area contributed by atoms with E-state index >= 15 is 0 Å². The molecule has 17 heavy (non-hydrogen) atoms. The lowest BCUT2D eigenvalue weighted by Crippen LogP contribution is -1.97. The minimum absolute atomic E-state index is 0.106. The molecular formula is C13H13N3O. The Bertz CT molecular complexity index is 501. The van der Waals surface area contributed by atoms with E-state index in [-0.39, 0.29) is 17.7 Å². The van der Waals surface area contributed by atoms with Gasteiger partial charge in [0.15, 0.2) is 0 Å². The second-order valence-corrected chi connectivity index (χ2v) is 4.28. The molecule has 2 atom stereocenters. The van der Waals surface area contributed by atoms with E-state index in [0.717, 1.165) is 12.0 Å². The van der Waals surface area contributed by atoms with Gasteiger partial charge in [-0.1, -0.05) is 42.0 Å². The summed E-state index contributed by atoms with van der Waals surface area (Å²) >= 11 is 0. The zero-order chi connectivity index (χ0) is 12.3. The molecule has 0 aliphatic heterocycles. The van der Waals surface area contributed by atoms with Crippen LogP contribution in [-0.2, 0) is 4.79 Å². The van der Waals surface area contributed by atoms with Crippen LogP contribution < -0.4 is 0 Å². The van der Waals surface area contributed by atoms with E-state index in [0.29, 0.717) is 0 Å². The molecule has 86 valence electrons. The lowest BCUT2D eigenvalue weighted by Gasteiger charge is -1.99. The van der Waals surface area contributed by atoms with Gasteiger partial charge in [0, 0.05) is 10.8 Å². The van der Waals surface area contributed by atoms with Gasteiger partial charge in [0.1, 0.15) is 0 Å². The van der Waals surface area contributed by atoms with Crippen LogP contribution in [-0.4, -0.2) is 5.91 Å². The first kappa shape index (κ1) is 11.4. The fourth-order valence-corrected chi connectivity index (χ4v) is 2.01. The predicted octanol–water partition coefficient (Wildman–Crippen LogP) is 3.56. The first-order valence-corrected chi connectivity index (χ1v) is 5.54. The van der Waals surface area contributed by atoms with Crippen molar-refractivity contribution in [1.82, 2.24) is 0 Å². The first-order chi connectivity index (χ1) is 8.22. The van der Waals surface area contributed by atoms with Gasteiger partial charge in [0.2, 0.25) is 5.91 Å². The minimum atomic E-state index is -0.335. The fraction of sp³-hybridized carbons (Fsp3) is 0.308. The number of benzene rings is 1. The Morgan fingerprint density at radius 2 is 2.12 bits per heavy atom. The van der Waals surface area contributed by atoms with Crippen molar-refractivity contribution in [3.8, 4) is 0 Å². The third-order valence-corrected chi connectivity index (χ3v) is 3.03. The molecule has 0 heterocycles. The number of nitrogens with zero attached hydrogens (tertiary/aromatic N) is 3. The van der Waals surface area contributed by atoms with Crippen LogP contribution in [0.2, 0.25) is 0 Å². The highest BCUT2D eigenvalue weighted by Gasteiger charge is 2.43. The van der Waals surface area contributed by atoms with Gasteiger partial charge in [0.05, 0.1) is 0 Å². The molecule has 4 nitrogen and oxygen atoms in total. The van der Waals surface area contributed by atoms with Crippen molar-refractivity contribution >= 4 is 12.0 Å². The van der Waals surface area contributed by atoms with E-state index in [1.807, 2.05) is 37.3 Å². The molecule has 1 saturated carbocycles. The highest BCUT2D eigenvalue weighted by Crippen LogP contribution is 2.45. The molecule has 0 saturated heterocycles. The maximum Gasteiger partial charge on any atom is 0.222 e. The van der Waals surface area contributed by atoms with Gasteiger partial charge < -0.3 is 0 Å². The van der Waals surface area contributed by atoms with E-state index in [2.05, 4.69) is 16.1 Å². The number of amides is 1. The maximum atomic E-state index is 11.3. The van der Waals surface area contributed by atoms with Gasteiger partial charge >= 0.3 is 0 Å². The Balaban J connectivity index is 2.04. The Labute approximate surface area is 99.6 Å². The first-order valence-electron chi connectivity index (χ1n) is 5.54. The quantitative estimate of drug-likeness (QED) is 0.442. The fourth-order valence-electron chi connectivity index (χ4n) is 2.01. The van der Waals surface area contributed by atoms with E-state index in [1.165, 1.54) is 5.57 Å².